The predicted molar refractivity (Wildman–Crippen MR) is 88.2 cm³/mol. The molecule has 0 spiro atoms. The second-order valence-electron chi connectivity index (χ2n) is 5.95. The summed E-state index contributed by atoms with van der Waals surface area (Å²) in [6, 6.07) is 8.35. The Hall–Kier alpha value is -2.47. The average Bonchev–Trinajstić information content (AvgIpc) is 3.27. The van der Waals surface area contributed by atoms with Crippen molar-refractivity contribution in [3.05, 3.63) is 54.5 Å². The fraction of sp³-hybridized carbons (Fsp3) is 0.333. The zero-order chi connectivity index (χ0) is 16.4. The van der Waals surface area contributed by atoms with E-state index in [1.165, 1.54) is 18.5 Å². The van der Waals surface area contributed by atoms with Gasteiger partial charge < -0.3 is 14.1 Å². The molecule has 1 aromatic carbocycles. The van der Waals surface area contributed by atoms with Crippen molar-refractivity contribution in [2.45, 2.75) is 25.5 Å². The van der Waals surface area contributed by atoms with Gasteiger partial charge in [-0.05, 0) is 43.2 Å². The Labute approximate surface area is 139 Å². The number of aromatic nitrogens is 2. The van der Waals surface area contributed by atoms with Crippen LogP contribution in [0.3, 0.4) is 0 Å². The van der Waals surface area contributed by atoms with Gasteiger partial charge in [0.05, 0.1) is 24.4 Å². The first-order valence-electron chi connectivity index (χ1n) is 8.09. The van der Waals surface area contributed by atoms with Crippen molar-refractivity contribution in [2.75, 3.05) is 18.1 Å². The third-order valence-electron chi connectivity index (χ3n) is 4.25. The van der Waals surface area contributed by atoms with Crippen molar-refractivity contribution in [3.63, 3.8) is 0 Å². The summed E-state index contributed by atoms with van der Waals surface area (Å²) in [6.07, 6.45) is 5.40. The van der Waals surface area contributed by atoms with Gasteiger partial charge in [-0.3, -0.25) is 0 Å². The van der Waals surface area contributed by atoms with Crippen LogP contribution in [0.25, 0.3) is 10.9 Å². The molecule has 3 heterocycles. The highest BCUT2D eigenvalue weighted by Gasteiger charge is 2.22. The van der Waals surface area contributed by atoms with Crippen LogP contribution in [-0.2, 0) is 11.3 Å². The van der Waals surface area contributed by atoms with Gasteiger partial charge in [0.25, 0.3) is 0 Å². The van der Waals surface area contributed by atoms with Crippen LogP contribution in [0, 0.1) is 5.82 Å². The molecule has 4 rings (SSSR count). The van der Waals surface area contributed by atoms with Gasteiger partial charge >= 0.3 is 0 Å². The maximum atomic E-state index is 13.7. The van der Waals surface area contributed by atoms with E-state index in [1.54, 1.807) is 12.3 Å². The average molecular weight is 327 g/mol. The molecule has 1 aliphatic heterocycles. The number of ether oxygens (including phenoxy) is 1. The Balaban J connectivity index is 1.72. The molecule has 6 heteroatoms. The molecule has 124 valence electrons. The molecule has 0 bridgehead atoms. The smallest absolute Gasteiger partial charge is 0.140 e. The highest BCUT2D eigenvalue weighted by molar-refractivity contribution is 5.89. The molecule has 0 aliphatic carbocycles. The van der Waals surface area contributed by atoms with E-state index in [-0.39, 0.29) is 11.9 Å². The van der Waals surface area contributed by atoms with Crippen LogP contribution in [0.15, 0.2) is 47.3 Å². The van der Waals surface area contributed by atoms with E-state index in [2.05, 4.69) is 14.9 Å². The number of halogens is 1. The largest absolute Gasteiger partial charge is 0.467 e. The summed E-state index contributed by atoms with van der Waals surface area (Å²) >= 11 is 0. The van der Waals surface area contributed by atoms with E-state index in [1.807, 2.05) is 12.1 Å². The highest BCUT2D eigenvalue weighted by Crippen LogP contribution is 2.27. The standard InChI is InChI=1S/C18H18FN3O2/c19-13-5-6-17-16(9-13)18(21-12-20-17)22(10-14-3-1-7-23-14)11-15-4-2-8-24-15/h1,3,5-7,9,12,15H,2,4,8,10-11H2. The molecule has 1 atom stereocenters. The lowest BCUT2D eigenvalue weighted by Crippen LogP contribution is -2.32. The van der Waals surface area contributed by atoms with Crippen LogP contribution in [0.1, 0.15) is 18.6 Å². The first-order valence-corrected chi connectivity index (χ1v) is 8.09. The van der Waals surface area contributed by atoms with Gasteiger partial charge in [0.1, 0.15) is 23.7 Å². The molecule has 5 nitrogen and oxygen atoms in total. The molecule has 0 amide bonds. The monoisotopic (exact) mass is 327 g/mol. The number of benzene rings is 1. The summed E-state index contributed by atoms with van der Waals surface area (Å²) in [7, 11) is 0. The quantitative estimate of drug-likeness (QED) is 0.717. The van der Waals surface area contributed by atoms with E-state index in [0.29, 0.717) is 24.3 Å². The third kappa shape index (κ3) is 3.10. The van der Waals surface area contributed by atoms with Crippen molar-refractivity contribution in [2.24, 2.45) is 0 Å². The molecule has 2 aromatic heterocycles. The lowest BCUT2D eigenvalue weighted by atomic mass is 10.2. The molecular formula is C18H18FN3O2. The Kier molecular flexibility index (Phi) is 4.13. The van der Waals surface area contributed by atoms with Gasteiger partial charge in [-0.15, -0.1) is 0 Å². The van der Waals surface area contributed by atoms with E-state index in [4.69, 9.17) is 9.15 Å². The summed E-state index contributed by atoms with van der Waals surface area (Å²) in [5, 5.41) is 0.696. The second-order valence-corrected chi connectivity index (χ2v) is 5.95. The Morgan fingerprint density at radius 3 is 3.00 bits per heavy atom. The molecule has 1 fully saturated rings. The molecule has 0 radical (unpaired) electrons. The van der Waals surface area contributed by atoms with Crippen molar-refractivity contribution in [1.29, 1.82) is 0 Å². The summed E-state index contributed by atoms with van der Waals surface area (Å²) in [5.41, 5.74) is 0.721. The summed E-state index contributed by atoms with van der Waals surface area (Å²) in [5.74, 6) is 1.23. The van der Waals surface area contributed by atoms with Crippen LogP contribution >= 0.6 is 0 Å². The molecule has 1 saturated heterocycles. The number of nitrogens with zero attached hydrogens (tertiary/aromatic N) is 3. The van der Waals surface area contributed by atoms with Gasteiger partial charge in [0, 0.05) is 18.5 Å². The van der Waals surface area contributed by atoms with E-state index >= 15 is 0 Å². The maximum Gasteiger partial charge on any atom is 0.140 e. The van der Waals surface area contributed by atoms with Gasteiger partial charge in [-0.1, -0.05) is 0 Å². The molecule has 1 unspecified atom stereocenters. The van der Waals surface area contributed by atoms with Gasteiger partial charge in [0.2, 0.25) is 0 Å². The fourth-order valence-corrected chi connectivity index (χ4v) is 3.12. The van der Waals surface area contributed by atoms with Crippen molar-refractivity contribution >= 4 is 16.7 Å². The summed E-state index contributed by atoms with van der Waals surface area (Å²) in [6.45, 7) is 2.03. The molecular weight excluding hydrogens is 309 g/mol. The van der Waals surface area contributed by atoms with E-state index < -0.39 is 0 Å². The van der Waals surface area contributed by atoms with Crippen LogP contribution in [0.5, 0.6) is 0 Å². The minimum absolute atomic E-state index is 0.151. The Morgan fingerprint density at radius 2 is 2.21 bits per heavy atom. The van der Waals surface area contributed by atoms with Crippen LogP contribution in [0.4, 0.5) is 10.2 Å². The number of hydrogen-bond donors (Lipinski definition) is 0. The molecule has 1 aliphatic rings. The number of rotatable bonds is 5. The first kappa shape index (κ1) is 15.1. The lowest BCUT2D eigenvalue weighted by molar-refractivity contribution is 0.115. The number of fused-ring (bicyclic) bond motifs is 1. The Bertz CT molecular complexity index is 816. The maximum absolute atomic E-state index is 13.7. The van der Waals surface area contributed by atoms with Crippen molar-refractivity contribution in [3.8, 4) is 0 Å². The topological polar surface area (TPSA) is 51.4 Å². The minimum atomic E-state index is -0.298. The van der Waals surface area contributed by atoms with Crippen molar-refractivity contribution in [1.82, 2.24) is 9.97 Å². The zero-order valence-electron chi connectivity index (χ0n) is 13.2. The number of hydrogen-bond acceptors (Lipinski definition) is 5. The zero-order valence-corrected chi connectivity index (χ0v) is 13.2. The van der Waals surface area contributed by atoms with Crippen LogP contribution in [-0.4, -0.2) is 29.2 Å². The minimum Gasteiger partial charge on any atom is -0.467 e. The number of anilines is 1. The summed E-state index contributed by atoms with van der Waals surface area (Å²) in [4.78, 5) is 10.7. The SMILES string of the molecule is Fc1ccc2ncnc(N(Cc3ccco3)CC3CCCO3)c2c1. The Morgan fingerprint density at radius 1 is 1.25 bits per heavy atom. The molecule has 3 aromatic rings. The van der Waals surface area contributed by atoms with Crippen molar-refractivity contribution < 1.29 is 13.5 Å². The van der Waals surface area contributed by atoms with Gasteiger partial charge in [0.15, 0.2) is 0 Å². The predicted octanol–water partition coefficient (Wildman–Crippen LogP) is 3.55. The van der Waals surface area contributed by atoms with E-state index in [9.17, 15) is 4.39 Å². The first-order chi connectivity index (χ1) is 11.8. The van der Waals surface area contributed by atoms with Crippen LogP contribution < -0.4 is 4.90 Å². The fourth-order valence-electron chi connectivity index (χ4n) is 3.12. The molecule has 0 N–H and O–H groups in total. The molecule has 24 heavy (non-hydrogen) atoms. The normalized spacial score (nSPS) is 17.5. The van der Waals surface area contributed by atoms with Gasteiger partial charge in [-0.2, -0.15) is 0 Å². The lowest BCUT2D eigenvalue weighted by Gasteiger charge is -2.26. The third-order valence-corrected chi connectivity index (χ3v) is 4.25. The molecule has 0 saturated carbocycles. The second kappa shape index (κ2) is 6.57. The highest BCUT2D eigenvalue weighted by atomic mass is 19.1. The van der Waals surface area contributed by atoms with E-state index in [0.717, 1.165) is 30.7 Å². The van der Waals surface area contributed by atoms with Crippen LogP contribution in [0.2, 0.25) is 0 Å². The summed E-state index contributed by atoms with van der Waals surface area (Å²) < 4.78 is 25.0. The number of furan rings is 1. The van der Waals surface area contributed by atoms with Gasteiger partial charge in [-0.25, -0.2) is 14.4 Å².